The Hall–Kier alpha value is -2.47. The molecule has 120 valence electrons. The topological polar surface area (TPSA) is 76.9 Å². The number of carbonyl (C=O) groups excluding carboxylic acids is 2. The first-order valence-electron chi connectivity index (χ1n) is 7.12. The number of Topliss-reactive ketones (excluding diaryl/α,β-unsaturated/α-hetero) is 1. The minimum Gasteiger partial charge on any atom is -0.324 e. The summed E-state index contributed by atoms with van der Waals surface area (Å²) in [7, 11) is 0. The molecule has 1 N–H and O–H groups in total. The minimum absolute atomic E-state index is 0.0802. The van der Waals surface area contributed by atoms with Crippen LogP contribution in [-0.2, 0) is 4.79 Å². The predicted octanol–water partition coefficient (Wildman–Crippen LogP) is 2.92. The molecule has 0 saturated carbocycles. The van der Waals surface area contributed by atoms with E-state index in [1.165, 1.54) is 17.8 Å². The number of amides is 1. The number of allylic oxidation sites excluding steroid dienone is 2. The molecule has 6 nitrogen and oxygen atoms in total. The van der Waals surface area contributed by atoms with Crippen molar-refractivity contribution in [3.63, 3.8) is 0 Å². The maximum Gasteiger partial charge on any atom is 0.274 e. The molecule has 23 heavy (non-hydrogen) atoms. The van der Waals surface area contributed by atoms with E-state index in [2.05, 4.69) is 15.4 Å². The standard InChI is InChI=1S/C16H17ClN4O2/c1-4-13(10(2)11(3)22)20-16(23)14-7-9-19-21(14)15-12(17)6-5-8-18-15/h5-9H,4H2,1-3H3,(H,20,23)/b13-10-. The van der Waals surface area contributed by atoms with Gasteiger partial charge in [-0.15, -0.1) is 0 Å². The van der Waals surface area contributed by atoms with Crippen LogP contribution in [0.4, 0.5) is 0 Å². The van der Waals surface area contributed by atoms with Gasteiger partial charge in [-0.05, 0) is 38.5 Å². The van der Waals surface area contributed by atoms with E-state index in [1.54, 1.807) is 31.3 Å². The number of carbonyl (C=O) groups is 2. The summed E-state index contributed by atoms with van der Waals surface area (Å²) >= 11 is 6.11. The molecule has 0 fully saturated rings. The summed E-state index contributed by atoms with van der Waals surface area (Å²) in [4.78, 5) is 28.2. The third-order valence-corrected chi connectivity index (χ3v) is 3.71. The van der Waals surface area contributed by atoms with Crippen molar-refractivity contribution in [3.05, 3.63) is 52.6 Å². The largest absolute Gasteiger partial charge is 0.324 e. The first-order valence-corrected chi connectivity index (χ1v) is 7.50. The lowest BCUT2D eigenvalue weighted by atomic mass is 10.1. The molecule has 2 heterocycles. The lowest BCUT2D eigenvalue weighted by Gasteiger charge is -2.12. The number of ketones is 1. The van der Waals surface area contributed by atoms with Gasteiger partial charge in [-0.3, -0.25) is 9.59 Å². The highest BCUT2D eigenvalue weighted by Gasteiger charge is 2.18. The van der Waals surface area contributed by atoms with E-state index in [4.69, 9.17) is 11.6 Å². The Labute approximate surface area is 139 Å². The number of halogens is 1. The lowest BCUT2D eigenvalue weighted by molar-refractivity contribution is -0.113. The molecule has 0 radical (unpaired) electrons. The van der Waals surface area contributed by atoms with Crippen molar-refractivity contribution in [1.29, 1.82) is 0 Å². The van der Waals surface area contributed by atoms with Gasteiger partial charge in [0.1, 0.15) is 5.69 Å². The van der Waals surface area contributed by atoms with Gasteiger partial charge in [0.05, 0.1) is 11.2 Å². The fourth-order valence-corrected chi connectivity index (χ4v) is 2.24. The van der Waals surface area contributed by atoms with Crippen LogP contribution in [0, 0.1) is 0 Å². The van der Waals surface area contributed by atoms with Crippen molar-refractivity contribution in [3.8, 4) is 5.82 Å². The summed E-state index contributed by atoms with van der Waals surface area (Å²) < 4.78 is 1.37. The molecule has 0 spiro atoms. The van der Waals surface area contributed by atoms with Crippen molar-refractivity contribution in [2.24, 2.45) is 0 Å². The second-order valence-electron chi connectivity index (χ2n) is 4.90. The Morgan fingerprint density at radius 3 is 2.61 bits per heavy atom. The Morgan fingerprint density at radius 1 is 1.26 bits per heavy atom. The smallest absolute Gasteiger partial charge is 0.274 e. The van der Waals surface area contributed by atoms with Crippen LogP contribution in [0.5, 0.6) is 0 Å². The predicted molar refractivity (Wildman–Crippen MR) is 87.5 cm³/mol. The third-order valence-electron chi connectivity index (χ3n) is 3.41. The molecule has 1 amide bonds. The van der Waals surface area contributed by atoms with E-state index in [0.717, 1.165) is 0 Å². The second-order valence-corrected chi connectivity index (χ2v) is 5.31. The van der Waals surface area contributed by atoms with Crippen LogP contribution in [0.15, 0.2) is 41.9 Å². The van der Waals surface area contributed by atoms with E-state index < -0.39 is 0 Å². The fraction of sp³-hybridized carbons (Fsp3) is 0.250. The van der Waals surface area contributed by atoms with Crippen LogP contribution in [0.2, 0.25) is 5.02 Å². The maximum atomic E-state index is 12.5. The van der Waals surface area contributed by atoms with Crippen LogP contribution >= 0.6 is 11.6 Å². The van der Waals surface area contributed by atoms with E-state index in [9.17, 15) is 9.59 Å². The van der Waals surface area contributed by atoms with Crippen LogP contribution in [0.3, 0.4) is 0 Å². The van der Waals surface area contributed by atoms with Gasteiger partial charge in [-0.25, -0.2) is 9.67 Å². The van der Waals surface area contributed by atoms with Crippen LogP contribution in [0.25, 0.3) is 5.82 Å². The van der Waals surface area contributed by atoms with Crippen molar-refractivity contribution < 1.29 is 9.59 Å². The summed E-state index contributed by atoms with van der Waals surface area (Å²) in [6.45, 7) is 5.03. The molecule has 7 heteroatoms. The minimum atomic E-state index is -0.373. The molecule has 0 saturated heterocycles. The summed E-state index contributed by atoms with van der Waals surface area (Å²) in [6, 6.07) is 4.93. The lowest BCUT2D eigenvalue weighted by Crippen LogP contribution is -2.27. The molecule has 2 aromatic heterocycles. The number of aromatic nitrogens is 3. The first kappa shape index (κ1) is 16.9. The average molecular weight is 333 g/mol. The molecule has 0 aliphatic rings. The zero-order valence-electron chi connectivity index (χ0n) is 13.1. The highest BCUT2D eigenvalue weighted by molar-refractivity contribution is 6.32. The van der Waals surface area contributed by atoms with E-state index >= 15 is 0 Å². The first-order chi connectivity index (χ1) is 11.0. The molecule has 0 aromatic carbocycles. The number of rotatable bonds is 5. The Balaban J connectivity index is 2.36. The van der Waals surface area contributed by atoms with Gasteiger partial charge in [-0.1, -0.05) is 18.5 Å². The van der Waals surface area contributed by atoms with Gasteiger partial charge < -0.3 is 5.32 Å². The summed E-state index contributed by atoms with van der Waals surface area (Å²) in [6.07, 6.45) is 3.60. The third kappa shape index (κ3) is 3.65. The summed E-state index contributed by atoms with van der Waals surface area (Å²) in [5, 5.41) is 7.26. The Morgan fingerprint density at radius 2 is 2.00 bits per heavy atom. The van der Waals surface area contributed by atoms with E-state index in [1.807, 2.05) is 6.92 Å². The molecule has 0 aliphatic heterocycles. The second kappa shape index (κ2) is 7.19. The fourth-order valence-electron chi connectivity index (χ4n) is 2.04. The molecule has 0 unspecified atom stereocenters. The monoisotopic (exact) mass is 332 g/mol. The van der Waals surface area contributed by atoms with Gasteiger partial charge in [0.25, 0.3) is 5.91 Å². The quantitative estimate of drug-likeness (QED) is 0.854. The summed E-state index contributed by atoms with van der Waals surface area (Å²) in [5.41, 5.74) is 1.40. The summed E-state index contributed by atoms with van der Waals surface area (Å²) in [5.74, 6) is -0.0836. The highest BCUT2D eigenvalue weighted by Crippen LogP contribution is 2.18. The molecular formula is C16H17ClN4O2. The SMILES string of the molecule is CC/C(NC(=O)c1ccnn1-c1ncccc1Cl)=C(\C)C(C)=O. The number of nitrogens with zero attached hydrogens (tertiary/aromatic N) is 3. The number of nitrogens with one attached hydrogen (secondary N) is 1. The number of hydrogen-bond donors (Lipinski definition) is 1. The highest BCUT2D eigenvalue weighted by atomic mass is 35.5. The van der Waals surface area contributed by atoms with E-state index in [0.29, 0.717) is 28.5 Å². The Bertz CT molecular complexity index is 780. The average Bonchev–Trinajstić information content (AvgIpc) is 3.01. The molecule has 0 bridgehead atoms. The van der Waals surface area contributed by atoms with E-state index in [-0.39, 0.29) is 17.4 Å². The van der Waals surface area contributed by atoms with Crippen LogP contribution < -0.4 is 5.32 Å². The number of pyridine rings is 1. The van der Waals surface area contributed by atoms with Gasteiger partial charge in [0, 0.05) is 17.5 Å². The van der Waals surface area contributed by atoms with Crippen molar-refractivity contribution in [2.75, 3.05) is 0 Å². The van der Waals surface area contributed by atoms with Gasteiger partial charge in [0.15, 0.2) is 11.6 Å². The van der Waals surface area contributed by atoms with Gasteiger partial charge in [-0.2, -0.15) is 5.10 Å². The number of hydrogen-bond acceptors (Lipinski definition) is 4. The van der Waals surface area contributed by atoms with Crippen LogP contribution in [-0.4, -0.2) is 26.5 Å². The molecule has 0 aliphatic carbocycles. The van der Waals surface area contributed by atoms with Crippen LogP contribution in [0.1, 0.15) is 37.7 Å². The molecule has 2 rings (SSSR count). The van der Waals surface area contributed by atoms with Crippen molar-refractivity contribution in [1.82, 2.24) is 20.1 Å². The van der Waals surface area contributed by atoms with Gasteiger partial charge in [0.2, 0.25) is 0 Å². The molecular weight excluding hydrogens is 316 g/mol. The normalized spacial score (nSPS) is 11.8. The molecule has 0 atom stereocenters. The maximum absolute atomic E-state index is 12.5. The zero-order chi connectivity index (χ0) is 17.0. The van der Waals surface area contributed by atoms with Crippen molar-refractivity contribution in [2.45, 2.75) is 27.2 Å². The Kier molecular flexibility index (Phi) is 5.28. The molecule has 2 aromatic rings. The zero-order valence-corrected chi connectivity index (χ0v) is 13.9. The van der Waals surface area contributed by atoms with Crippen molar-refractivity contribution >= 4 is 23.3 Å². The van der Waals surface area contributed by atoms with Gasteiger partial charge >= 0.3 is 0 Å².